The SMILES string of the molecule is O=C1c2cc(I)ccc2-c2ccc(I)cc2C1O. The molecule has 0 spiro atoms. The number of ketones is 1. The van der Waals surface area contributed by atoms with E-state index in [2.05, 4.69) is 45.2 Å². The maximum absolute atomic E-state index is 12.2. The highest BCUT2D eigenvalue weighted by molar-refractivity contribution is 14.1. The largest absolute Gasteiger partial charge is 0.380 e. The Morgan fingerprint density at radius 1 is 0.889 bits per heavy atom. The number of fused-ring (bicyclic) bond motifs is 3. The molecule has 1 aliphatic carbocycles. The number of rotatable bonds is 0. The molecule has 0 saturated carbocycles. The molecule has 1 N–H and O–H groups in total. The maximum Gasteiger partial charge on any atom is 0.196 e. The number of hydrogen-bond donors (Lipinski definition) is 1. The van der Waals surface area contributed by atoms with Crippen LogP contribution < -0.4 is 0 Å². The highest BCUT2D eigenvalue weighted by Crippen LogP contribution is 2.39. The molecule has 90 valence electrons. The first-order chi connectivity index (χ1) is 8.58. The summed E-state index contributed by atoms with van der Waals surface area (Å²) in [6.45, 7) is 0. The van der Waals surface area contributed by atoms with Crippen LogP contribution in [0, 0.1) is 7.14 Å². The number of aliphatic hydroxyl groups excluding tert-OH is 1. The summed E-state index contributed by atoms with van der Waals surface area (Å²) in [6.07, 6.45) is -1.04. The van der Waals surface area contributed by atoms with Gasteiger partial charge in [0.25, 0.3) is 0 Å². The fourth-order valence-corrected chi connectivity index (χ4v) is 3.26. The fourth-order valence-electron chi connectivity index (χ4n) is 2.25. The minimum absolute atomic E-state index is 0.210. The number of Topliss-reactive ketones (excluding diaryl/α,β-unsaturated/α-hetero) is 1. The van der Waals surface area contributed by atoms with Crippen molar-refractivity contribution in [3.05, 3.63) is 54.7 Å². The lowest BCUT2D eigenvalue weighted by molar-refractivity contribution is 0.0744. The summed E-state index contributed by atoms with van der Waals surface area (Å²) in [5.41, 5.74) is 3.19. The van der Waals surface area contributed by atoms with E-state index in [-0.39, 0.29) is 5.78 Å². The molecule has 3 rings (SSSR count). The van der Waals surface area contributed by atoms with Gasteiger partial charge in [-0.05, 0) is 86.1 Å². The first-order valence-electron chi connectivity index (χ1n) is 5.39. The molecular formula is C14H8I2O2. The predicted octanol–water partition coefficient (Wildman–Crippen LogP) is 3.79. The Hall–Kier alpha value is -0.470. The number of hydrogen-bond acceptors (Lipinski definition) is 2. The number of halogens is 2. The molecule has 0 radical (unpaired) electrons. The second kappa shape index (κ2) is 4.57. The van der Waals surface area contributed by atoms with E-state index < -0.39 is 6.10 Å². The van der Waals surface area contributed by atoms with Crippen molar-refractivity contribution in [1.82, 2.24) is 0 Å². The van der Waals surface area contributed by atoms with Crippen molar-refractivity contribution in [2.24, 2.45) is 0 Å². The molecule has 0 fully saturated rings. The standard InChI is InChI=1S/C14H8I2O2/c15-7-1-3-9-10-4-2-8(16)6-12(10)14(18)13(17)11(9)5-7/h1-6,13,17H. The molecule has 1 unspecified atom stereocenters. The summed E-state index contributed by atoms with van der Waals surface area (Å²) >= 11 is 4.36. The molecule has 0 amide bonds. The molecule has 4 heteroatoms. The van der Waals surface area contributed by atoms with Gasteiger partial charge in [0.05, 0.1) is 0 Å². The number of carbonyl (C=O) groups is 1. The summed E-state index contributed by atoms with van der Waals surface area (Å²) in [6, 6.07) is 11.6. The van der Waals surface area contributed by atoms with Gasteiger partial charge >= 0.3 is 0 Å². The van der Waals surface area contributed by atoms with Gasteiger partial charge in [0, 0.05) is 12.7 Å². The van der Waals surface area contributed by atoms with Crippen molar-refractivity contribution >= 4 is 51.0 Å². The van der Waals surface area contributed by atoms with Crippen molar-refractivity contribution in [2.45, 2.75) is 6.10 Å². The molecule has 0 saturated heterocycles. The van der Waals surface area contributed by atoms with Crippen LogP contribution in [-0.4, -0.2) is 10.9 Å². The van der Waals surface area contributed by atoms with E-state index in [1.165, 1.54) is 0 Å². The molecule has 18 heavy (non-hydrogen) atoms. The van der Waals surface area contributed by atoms with Gasteiger partial charge in [0.2, 0.25) is 0 Å². The monoisotopic (exact) mass is 462 g/mol. The average molecular weight is 462 g/mol. The van der Waals surface area contributed by atoms with E-state index in [0.29, 0.717) is 11.1 Å². The molecule has 2 nitrogen and oxygen atoms in total. The molecule has 0 bridgehead atoms. The molecule has 1 aliphatic rings. The zero-order valence-electron chi connectivity index (χ0n) is 9.15. The fraction of sp³-hybridized carbons (Fsp3) is 0.0714. The van der Waals surface area contributed by atoms with Crippen molar-refractivity contribution in [2.75, 3.05) is 0 Å². The van der Waals surface area contributed by atoms with E-state index in [9.17, 15) is 9.90 Å². The van der Waals surface area contributed by atoms with Crippen LogP contribution in [0.5, 0.6) is 0 Å². The Morgan fingerprint density at radius 3 is 2.22 bits per heavy atom. The molecule has 0 aliphatic heterocycles. The lowest BCUT2D eigenvalue weighted by Crippen LogP contribution is -2.19. The van der Waals surface area contributed by atoms with Gasteiger partial charge in [-0.1, -0.05) is 12.1 Å². The predicted molar refractivity (Wildman–Crippen MR) is 86.6 cm³/mol. The summed E-state index contributed by atoms with van der Waals surface area (Å²) in [7, 11) is 0. The minimum Gasteiger partial charge on any atom is -0.380 e. The van der Waals surface area contributed by atoms with Gasteiger partial charge in [-0.15, -0.1) is 0 Å². The van der Waals surface area contributed by atoms with Crippen LogP contribution >= 0.6 is 45.2 Å². The topological polar surface area (TPSA) is 37.3 Å². The van der Waals surface area contributed by atoms with Gasteiger partial charge in [0.15, 0.2) is 5.78 Å². The van der Waals surface area contributed by atoms with Gasteiger partial charge in [-0.2, -0.15) is 0 Å². The van der Waals surface area contributed by atoms with Gasteiger partial charge in [-0.3, -0.25) is 4.79 Å². The quantitative estimate of drug-likeness (QED) is 0.606. The Balaban J connectivity index is 2.34. The van der Waals surface area contributed by atoms with E-state index >= 15 is 0 Å². The highest BCUT2D eigenvalue weighted by Gasteiger charge is 2.30. The maximum atomic E-state index is 12.2. The molecule has 2 aromatic carbocycles. The van der Waals surface area contributed by atoms with Crippen LogP contribution in [0.25, 0.3) is 11.1 Å². The summed E-state index contributed by atoms with van der Waals surface area (Å²) in [5, 5.41) is 10.1. The molecule has 2 aromatic rings. The third kappa shape index (κ3) is 1.90. The Morgan fingerprint density at radius 2 is 1.50 bits per heavy atom. The van der Waals surface area contributed by atoms with Crippen molar-refractivity contribution in [3.63, 3.8) is 0 Å². The smallest absolute Gasteiger partial charge is 0.196 e. The average Bonchev–Trinajstić information content (AvgIpc) is 2.36. The number of carbonyl (C=O) groups excluding carboxylic acids is 1. The third-order valence-electron chi connectivity index (χ3n) is 3.09. The van der Waals surface area contributed by atoms with Crippen molar-refractivity contribution in [3.8, 4) is 11.1 Å². The van der Waals surface area contributed by atoms with Crippen LogP contribution in [0.1, 0.15) is 22.0 Å². The van der Waals surface area contributed by atoms with E-state index in [4.69, 9.17) is 0 Å². The van der Waals surface area contributed by atoms with E-state index in [0.717, 1.165) is 18.3 Å². The lowest BCUT2D eigenvalue weighted by Gasteiger charge is -2.23. The molecular weight excluding hydrogens is 454 g/mol. The van der Waals surface area contributed by atoms with Crippen molar-refractivity contribution in [1.29, 1.82) is 0 Å². The first-order valence-corrected chi connectivity index (χ1v) is 7.55. The second-order valence-electron chi connectivity index (χ2n) is 4.19. The van der Waals surface area contributed by atoms with Gasteiger partial charge in [0.1, 0.15) is 6.10 Å². The normalized spacial score (nSPS) is 17.3. The zero-order chi connectivity index (χ0) is 12.9. The minimum atomic E-state index is -1.04. The Bertz CT molecular complexity index is 665. The first kappa shape index (κ1) is 12.6. The van der Waals surface area contributed by atoms with E-state index in [1.807, 2.05) is 36.4 Å². The summed E-state index contributed by atoms with van der Waals surface area (Å²) in [4.78, 5) is 12.2. The van der Waals surface area contributed by atoms with Gasteiger partial charge < -0.3 is 5.11 Å². The summed E-state index contributed by atoms with van der Waals surface area (Å²) < 4.78 is 2.02. The zero-order valence-corrected chi connectivity index (χ0v) is 13.5. The van der Waals surface area contributed by atoms with Crippen LogP contribution in [0.4, 0.5) is 0 Å². The van der Waals surface area contributed by atoms with Crippen LogP contribution in [0.15, 0.2) is 36.4 Å². The third-order valence-corrected chi connectivity index (χ3v) is 4.44. The van der Waals surface area contributed by atoms with Crippen molar-refractivity contribution < 1.29 is 9.90 Å². The molecule has 0 aromatic heterocycles. The Kier molecular flexibility index (Phi) is 3.19. The lowest BCUT2D eigenvalue weighted by atomic mass is 9.83. The number of aliphatic hydroxyl groups is 1. The second-order valence-corrected chi connectivity index (χ2v) is 6.68. The Labute approximate surface area is 132 Å². The van der Waals surface area contributed by atoms with Crippen LogP contribution in [0.2, 0.25) is 0 Å². The number of benzene rings is 2. The van der Waals surface area contributed by atoms with Crippen LogP contribution in [-0.2, 0) is 0 Å². The summed E-state index contributed by atoms with van der Waals surface area (Å²) in [5.74, 6) is -0.210. The molecule has 1 atom stereocenters. The highest BCUT2D eigenvalue weighted by atomic mass is 127. The molecule has 0 heterocycles. The van der Waals surface area contributed by atoms with E-state index in [1.54, 1.807) is 0 Å². The van der Waals surface area contributed by atoms with Gasteiger partial charge in [-0.25, -0.2) is 0 Å². The van der Waals surface area contributed by atoms with Crippen LogP contribution in [0.3, 0.4) is 0 Å².